The van der Waals surface area contributed by atoms with Gasteiger partial charge >= 0.3 is 0 Å². The molecule has 0 saturated heterocycles. The quantitative estimate of drug-likeness (QED) is 0.206. The molecule has 35 heavy (non-hydrogen) atoms. The third kappa shape index (κ3) is 4.17. The van der Waals surface area contributed by atoms with E-state index in [0.717, 1.165) is 55.8 Å². The maximum atomic E-state index is 12.9. The summed E-state index contributed by atoms with van der Waals surface area (Å²) in [5.41, 5.74) is 5.94. The van der Waals surface area contributed by atoms with Crippen LogP contribution < -0.4 is 5.32 Å². The molecule has 3 aromatic heterocycles. The lowest BCUT2D eigenvalue weighted by Crippen LogP contribution is -2.14. The molecule has 7 heteroatoms. The lowest BCUT2D eigenvalue weighted by atomic mass is 9.99. The van der Waals surface area contributed by atoms with Crippen molar-refractivity contribution in [2.24, 2.45) is 5.92 Å². The number of fused-ring (bicyclic) bond motifs is 6. The number of hydrogen-bond acceptors (Lipinski definition) is 6. The maximum Gasteiger partial charge on any atom is 0.234 e. The summed E-state index contributed by atoms with van der Waals surface area (Å²) in [5.74, 6) is 0.816. The van der Waals surface area contributed by atoms with Gasteiger partial charge in [-0.3, -0.25) is 4.79 Å². The minimum atomic E-state index is -0.0440. The lowest BCUT2D eigenvalue weighted by molar-refractivity contribution is -0.113. The van der Waals surface area contributed by atoms with Crippen LogP contribution in [0, 0.1) is 5.92 Å². The molecule has 0 aliphatic heterocycles. The molecule has 176 valence electrons. The Morgan fingerprint density at radius 1 is 1.09 bits per heavy atom. The molecule has 1 N–H and O–H groups in total. The van der Waals surface area contributed by atoms with Gasteiger partial charge in [-0.2, -0.15) is 0 Å². The first-order chi connectivity index (χ1) is 17.1. The topological polar surface area (TPSA) is 67.8 Å². The summed E-state index contributed by atoms with van der Waals surface area (Å²) in [4.78, 5) is 28.2. The third-order valence-electron chi connectivity index (χ3n) is 6.53. The first-order valence-electron chi connectivity index (χ1n) is 12.1. The van der Waals surface area contributed by atoms with Crippen molar-refractivity contribution in [3.05, 3.63) is 65.6 Å². The van der Waals surface area contributed by atoms with Crippen LogP contribution in [0.5, 0.6) is 0 Å². The first-order valence-corrected chi connectivity index (χ1v) is 13.9. The molecular formula is C28H26N4OS2. The molecule has 6 rings (SSSR count). The van der Waals surface area contributed by atoms with E-state index in [1.54, 1.807) is 17.7 Å². The van der Waals surface area contributed by atoms with Crippen LogP contribution in [-0.4, -0.2) is 26.6 Å². The zero-order valence-electron chi connectivity index (χ0n) is 19.8. The van der Waals surface area contributed by atoms with Gasteiger partial charge in [0, 0.05) is 22.2 Å². The van der Waals surface area contributed by atoms with E-state index >= 15 is 0 Å². The molecule has 0 atom stereocenters. The van der Waals surface area contributed by atoms with E-state index in [9.17, 15) is 4.79 Å². The Morgan fingerprint density at radius 3 is 2.80 bits per heavy atom. The number of nitrogens with one attached hydrogen (secondary N) is 1. The Kier molecular flexibility index (Phi) is 5.90. The predicted molar refractivity (Wildman–Crippen MR) is 147 cm³/mol. The van der Waals surface area contributed by atoms with Crippen molar-refractivity contribution in [2.45, 2.75) is 44.6 Å². The van der Waals surface area contributed by atoms with Gasteiger partial charge in [0.05, 0.1) is 16.0 Å². The van der Waals surface area contributed by atoms with Gasteiger partial charge in [0.25, 0.3) is 0 Å². The summed E-state index contributed by atoms with van der Waals surface area (Å²) in [6, 6.07) is 14.0. The molecule has 0 bridgehead atoms. The fraction of sp³-hybridized carbons (Fsp3) is 0.286. The van der Waals surface area contributed by atoms with E-state index in [2.05, 4.69) is 41.3 Å². The summed E-state index contributed by atoms with van der Waals surface area (Å²) in [5, 5.41) is 7.28. The number of hydrogen-bond donors (Lipinski definition) is 1. The van der Waals surface area contributed by atoms with Gasteiger partial charge in [-0.25, -0.2) is 15.0 Å². The minimum absolute atomic E-state index is 0.0440. The number of amides is 1. The van der Waals surface area contributed by atoms with Gasteiger partial charge in [-0.1, -0.05) is 62.0 Å². The second-order valence-corrected chi connectivity index (χ2v) is 11.4. The summed E-state index contributed by atoms with van der Waals surface area (Å²) in [6.07, 6.45) is 6.01. The highest BCUT2D eigenvalue weighted by atomic mass is 32.2. The van der Waals surface area contributed by atoms with Crippen molar-refractivity contribution < 1.29 is 4.79 Å². The van der Waals surface area contributed by atoms with Crippen molar-refractivity contribution in [3.8, 4) is 0 Å². The zero-order valence-corrected chi connectivity index (χ0v) is 21.4. The standard InChI is InChI=1S/C28H26N4OS2/c1-16(2)13-22-19-10-6-11-20(19)24-25-26(35-27(24)32-22)28(30-15-29-25)34-14-23(33)31-21-12-5-8-17-7-3-4-9-18(17)21/h3-5,7-9,12,15-16H,6,10-11,13-14H2,1-2H3,(H,31,33). The Bertz CT molecular complexity index is 1590. The predicted octanol–water partition coefficient (Wildman–Crippen LogP) is 6.81. The van der Waals surface area contributed by atoms with E-state index < -0.39 is 0 Å². The van der Waals surface area contributed by atoms with Crippen molar-refractivity contribution in [2.75, 3.05) is 11.1 Å². The number of anilines is 1. The number of carbonyl (C=O) groups is 1. The van der Waals surface area contributed by atoms with E-state index in [4.69, 9.17) is 4.98 Å². The van der Waals surface area contributed by atoms with Crippen molar-refractivity contribution in [3.63, 3.8) is 0 Å². The fourth-order valence-corrected chi connectivity index (χ4v) is 7.12. The van der Waals surface area contributed by atoms with Crippen LogP contribution in [0.3, 0.4) is 0 Å². The van der Waals surface area contributed by atoms with Crippen LogP contribution in [-0.2, 0) is 24.1 Å². The van der Waals surface area contributed by atoms with Gasteiger partial charge in [-0.15, -0.1) is 11.3 Å². The fourth-order valence-electron chi connectivity index (χ4n) is 5.07. The lowest BCUT2D eigenvalue weighted by Gasteiger charge is -2.11. The van der Waals surface area contributed by atoms with Crippen molar-refractivity contribution in [1.82, 2.24) is 15.0 Å². The van der Waals surface area contributed by atoms with E-state index in [1.165, 1.54) is 40.4 Å². The molecule has 2 aromatic carbocycles. The molecule has 1 amide bonds. The smallest absolute Gasteiger partial charge is 0.234 e. The van der Waals surface area contributed by atoms with E-state index in [-0.39, 0.29) is 11.7 Å². The maximum absolute atomic E-state index is 12.9. The third-order valence-corrected chi connectivity index (χ3v) is 8.73. The molecule has 1 aliphatic rings. The van der Waals surface area contributed by atoms with Crippen molar-refractivity contribution >= 4 is 65.9 Å². The average molecular weight is 499 g/mol. The number of rotatable bonds is 6. The molecular weight excluding hydrogens is 472 g/mol. The molecule has 5 nitrogen and oxygen atoms in total. The average Bonchev–Trinajstić information content (AvgIpc) is 3.47. The number of thioether (sulfide) groups is 1. The monoisotopic (exact) mass is 498 g/mol. The number of nitrogens with zero attached hydrogens (tertiary/aromatic N) is 3. The molecule has 0 radical (unpaired) electrons. The highest BCUT2D eigenvalue weighted by Crippen LogP contribution is 2.42. The highest BCUT2D eigenvalue weighted by Gasteiger charge is 2.24. The van der Waals surface area contributed by atoms with Gasteiger partial charge in [0.1, 0.15) is 16.2 Å². The Labute approximate surface area is 212 Å². The van der Waals surface area contributed by atoms with Crippen LogP contribution in [0.25, 0.3) is 31.2 Å². The molecule has 5 aromatic rings. The van der Waals surface area contributed by atoms with E-state index in [0.29, 0.717) is 5.92 Å². The minimum Gasteiger partial charge on any atom is -0.325 e. The van der Waals surface area contributed by atoms with Gasteiger partial charge in [0.2, 0.25) is 5.91 Å². The van der Waals surface area contributed by atoms with Crippen LogP contribution in [0.1, 0.15) is 37.1 Å². The molecule has 0 unspecified atom stereocenters. The normalized spacial score (nSPS) is 13.2. The molecule has 1 aliphatic carbocycles. The summed E-state index contributed by atoms with van der Waals surface area (Å²) < 4.78 is 1.04. The van der Waals surface area contributed by atoms with Gasteiger partial charge < -0.3 is 5.32 Å². The van der Waals surface area contributed by atoms with Crippen LogP contribution in [0.4, 0.5) is 5.69 Å². The van der Waals surface area contributed by atoms with E-state index in [1.807, 2.05) is 30.3 Å². The first kappa shape index (κ1) is 22.4. The number of aryl methyl sites for hydroxylation is 1. The summed E-state index contributed by atoms with van der Waals surface area (Å²) in [7, 11) is 0. The van der Waals surface area contributed by atoms with Gasteiger partial charge in [-0.05, 0) is 54.2 Å². The summed E-state index contributed by atoms with van der Waals surface area (Å²) in [6.45, 7) is 4.50. The Balaban J connectivity index is 1.30. The number of carbonyl (C=O) groups excluding carboxylic acids is 1. The number of pyridine rings is 1. The zero-order chi connectivity index (χ0) is 23.9. The van der Waals surface area contributed by atoms with Crippen LogP contribution in [0.2, 0.25) is 0 Å². The highest BCUT2D eigenvalue weighted by molar-refractivity contribution is 8.00. The van der Waals surface area contributed by atoms with Crippen LogP contribution in [0.15, 0.2) is 53.8 Å². The Morgan fingerprint density at radius 2 is 1.91 bits per heavy atom. The van der Waals surface area contributed by atoms with Crippen LogP contribution >= 0.6 is 23.1 Å². The number of benzene rings is 2. The van der Waals surface area contributed by atoms with Gasteiger partial charge in [0.15, 0.2) is 0 Å². The van der Waals surface area contributed by atoms with Crippen molar-refractivity contribution in [1.29, 1.82) is 0 Å². The molecule has 0 fully saturated rings. The number of aromatic nitrogens is 3. The molecule has 0 saturated carbocycles. The Hall–Kier alpha value is -3.03. The SMILES string of the molecule is CC(C)Cc1nc2sc3c(SCC(=O)Nc4cccc5ccccc45)ncnc3c2c2c1CCC2. The largest absolute Gasteiger partial charge is 0.325 e. The number of thiophene rings is 1. The summed E-state index contributed by atoms with van der Waals surface area (Å²) >= 11 is 3.13. The second-order valence-electron chi connectivity index (χ2n) is 9.47. The molecule has 0 spiro atoms. The molecule has 3 heterocycles. The second kappa shape index (κ2) is 9.21.